The highest BCUT2D eigenvalue weighted by atomic mass is 16.1. The highest BCUT2D eigenvalue weighted by Gasteiger charge is 2.13. The molecule has 1 aromatic carbocycles. The van der Waals surface area contributed by atoms with Gasteiger partial charge in [-0.05, 0) is 32.0 Å². The van der Waals surface area contributed by atoms with Gasteiger partial charge in [0.2, 0.25) is 0 Å². The Balaban J connectivity index is 1.97. The molecule has 0 atom stereocenters. The van der Waals surface area contributed by atoms with Crippen LogP contribution in [0.5, 0.6) is 0 Å². The van der Waals surface area contributed by atoms with E-state index in [1.807, 2.05) is 37.3 Å². The first-order valence-electron chi connectivity index (χ1n) is 7.33. The first-order valence-corrected chi connectivity index (χ1v) is 7.33. The van der Waals surface area contributed by atoms with Crippen LogP contribution in [0.3, 0.4) is 0 Å². The van der Waals surface area contributed by atoms with Crippen molar-refractivity contribution in [3.05, 3.63) is 47.8 Å². The average Bonchev–Trinajstić information content (AvgIpc) is 2.90. The third-order valence-electron chi connectivity index (χ3n) is 3.18. The molecule has 5 nitrogen and oxygen atoms in total. The second kappa shape index (κ2) is 7.59. The van der Waals surface area contributed by atoms with Crippen LogP contribution in [-0.2, 0) is 0 Å². The van der Waals surface area contributed by atoms with E-state index in [4.69, 9.17) is 0 Å². The summed E-state index contributed by atoms with van der Waals surface area (Å²) < 4.78 is 1.74. The number of aromatic nitrogens is 2. The van der Waals surface area contributed by atoms with Crippen LogP contribution in [0.2, 0.25) is 0 Å². The van der Waals surface area contributed by atoms with Crippen molar-refractivity contribution < 1.29 is 4.79 Å². The smallest absolute Gasteiger partial charge is 0.254 e. The molecule has 0 unspecified atom stereocenters. The number of nitrogens with one attached hydrogen (secondary N) is 2. The van der Waals surface area contributed by atoms with Gasteiger partial charge in [-0.2, -0.15) is 5.10 Å². The molecule has 2 aromatic rings. The number of amides is 1. The summed E-state index contributed by atoms with van der Waals surface area (Å²) in [5.74, 6) is -0.0759. The fraction of sp³-hybridized carbons (Fsp3) is 0.375. The van der Waals surface area contributed by atoms with Crippen molar-refractivity contribution in [2.45, 2.75) is 20.3 Å². The maximum Gasteiger partial charge on any atom is 0.254 e. The maximum absolute atomic E-state index is 12.2. The van der Waals surface area contributed by atoms with E-state index >= 15 is 0 Å². The van der Waals surface area contributed by atoms with Crippen LogP contribution in [0.1, 0.15) is 29.4 Å². The van der Waals surface area contributed by atoms with Crippen molar-refractivity contribution in [3.8, 4) is 5.69 Å². The highest BCUT2D eigenvalue weighted by Crippen LogP contribution is 2.11. The number of carbonyl (C=O) groups is 1. The molecule has 112 valence electrons. The molecule has 2 rings (SSSR count). The summed E-state index contributed by atoms with van der Waals surface area (Å²) in [5, 5.41) is 10.6. The van der Waals surface area contributed by atoms with Crippen LogP contribution in [0.15, 0.2) is 36.5 Å². The SMILES string of the molecule is CCCNCCNC(=O)c1cn(-c2ccccc2)nc1C. The normalized spacial score (nSPS) is 10.6. The number of carbonyl (C=O) groups excluding carboxylic acids is 1. The van der Waals surface area contributed by atoms with Crippen molar-refractivity contribution in [2.24, 2.45) is 0 Å². The number of hydrogen-bond acceptors (Lipinski definition) is 3. The third kappa shape index (κ3) is 4.16. The number of benzene rings is 1. The van der Waals surface area contributed by atoms with E-state index in [-0.39, 0.29) is 5.91 Å². The molecule has 0 bridgehead atoms. The minimum Gasteiger partial charge on any atom is -0.351 e. The summed E-state index contributed by atoms with van der Waals surface area (Å²) in [6.07, 6.45) is 2.87. The zero-order valence-electron chi connectivity index (χ0n) is 12.6. The van der Waals surface area contributed by atoms with Gasteiger partial charge in [0, 0.05) is 19.3 Å². The first kappa shape index (κ1) is 15.3. The number of rotatable bonds is 7. The molecule has 1 amide bonds. The van der Waals surface area contributed by atoms with Crippen molar-refractivity contribution in [2.75, 3.05) is 19.6 Å². The van der Waals surface area contributed by atoms with Crippen molar-refractivity contribution >= 4 is 5.91 Å². The van der Waals surface area contributed by atoms with Crippen molar-refractivity contribution in [1.29, 1.82) is 0 Å². The monoisotopic (exact) mass is 286 g/mol. The van der Waals surface area contributed by atoms with Gasteiger partial charge in [-0.15, -0.1) is 0 Å². The maximum atomic E-state index is 12.2. The van der Waals surface area contributed by atoms with Crippen LogP contribution >= 0.6 is 0 Å². The summed E-state index contributed by atoms with van der Waals surface area (Å²) in [6.45, 7) is 6.34. The molecule has 0 spiro atoms. The Bertz CT molecular complexity index is 577. The zero-order valence-corrected chi connectivity index (χ0v) is 12.6. The third-order valence-corrected chi connectivity index (χ3v) is 3.18. The predicted molar refractivity (Wildman–Crippen MR) is 83.8 cm³/mol. The molecule has 2 N–H and O–H groups in total. The van der Waals surface area contributed by atoms with Gasteiger partial charge in [-0.3, -0.25) is 4.79 Å². The van der Waals surface area contributed by atoms with E-state index in [1.54, 1.807) is 10.9 Å². The van der Waals surface area contributed by atoms with E-state index in [2.05, 4.69) is 22.7 Å². The van der Waals surface area contributed by atoms with Crippen LogP contribution in [0.25, 0.3) is 5.69 Å². The fourth-order valence-electron chi connectivity index (χ4n) is 2.06. The number of aryl methyl sites for hydroxylation is 1. The lowest BCUT2D eigenvalue weighted by Gasteiger charge is -2.05. The lowest BCUT2D eigenvalue weighted by atomic mass is 10.2. The van der Waals surface area contributed by atoms with Gasteiger partial charge in [0.05, 0.1) is 16.9 Å². The summed E-state index contributed by atoms with van der Waals surface area (Å²) in [7, 11) is 0. The van der Waals surface area contributed by atoms with E-state index in [0.717, 1.165) is 30.9 Å². The lowest BCUT2D eigenvalue weighted by molar-refractivity contribution is 0.0953. The van der Waals surface area contributed by atoms with Gasteiger partial charge < -0.3 is 10.6 Å². The molecule has 0 fully saturated rings. The first-order chi connectivity index (χ1) is 10.2. The van der Waals surface area contributed by atoms with Gasteiger partial charge in [-0.1, -0.05) is 25.1 Å². The summed E-state index contributed by atoms with van der Waals surface area (Å²) in [6, 6.07) is 9.78. The van der Waals surface area contributed by atoms with Crippen LogP contribution in [0, 0.1) is 6.92 Å². The molecular formula is C16H22N4O. The van der Waals surface area contributed by atoms with Crippen molar-refractivity contribution in [3.63, 3.8) is 0 Å². The fourth-order valence-corrected chi connectivity index (χ4v) is 2.06. The number of para-hydroxylation sites is 1. The van der Waals surface area contributed by atoms with Gasteiger partial charge in [0.15, 0.2) is 0 Å². The molecule has 0 aliphatic carbocycles. The van der Waals surface area contributed by atoms with Crippen molar-refractivity contribution in [1.82, 2.24) is 20.4 Å². The summed E-state index contributed by atoms with van der Waals surface area (Å²) >= 11 is 0. The van der Waals surface area contributed by atoms with Gasteiger partial charge in [-0.25, -0.2) is 4.68 Å². The molecule has 0 aliphatic rings. The Labute approximate surface area is 125 Å². The van der Waals surface area contributed by atoms with Gasteiger partial charge >= 0.3 is 0 Å². The molecular weight excluding hydrogens is 264 g/mol. The van der Waals surface area contributed by atoms with Gasteiger partial charge in [0.25, 0.3) is 5.91 Å². The van der Waals surface area contributed by atoms with Crippen LogP contribution < -0.4 is 10.6 Å². The van der Waals surface area contributed by atoms with E-state index in [0.29, 0.717) is 12.1 Å². The molecule has 0 radical (unpaired) electrons. The molecule has 5 heteroatoms. The zero-order chi connectivity index (χ0) is 15.1. The summed E-state index contributed by atoms with van der Waals surface area (Å²) in [4.78, 5) is 12.2. The number of nitrogens with zero attached hydrogens (tertiary/aromatic N) is 2. The van der Waals surface area contributed by atoms with Crippen LogP contribution in [-0.4, -0.2) is 35.3 Å². The topological polar surface area (TPSA) is 58.9 Å². The van der Waals surface area contributed by atoms with E-state index in [1.165, 1.54) is 0 Å². The Morgan fingerprint density at radius 2 is 1.95 bits per heavy atom. The Kier molecular flexibility index (Phi) is 5.51. The lowest BCUT2D eigenvalue weighted by Crippen LogP contribution is -2.32. The van der Waals surface area contributed by atoms with E-state index in [9.17, 15) is 4.79 Å². The second-order valence-corrected chi connectivity index (χ2v) is 4.91. The largest absolute Gasteiger partial charge is 0.351 e. The summed E-state index contributed by atoms with van der Waals surface area (Å²) in [5.41, 5.74) is 2.30. The Hall–Kier alpha value is -2.14. The molecule has 0 saturated heterocycles. The van der Waals surface area contributed by atoms with E-state index < -0.39 is 0 Å². The standard InChI is InChI=1S/C16H22N4O/c1-3-9-17-10-11-18-16(21)15-12-20(19-13(15)2)14-7-5-4-6-8-14/h4-8,12,17H,3,9-11H2,1-2H3,(H,18,21). The van der Waals surface area contributed by atoms with Gasteiger partial charge in [0.1, 0.15) is 0 Å². The highest BCUT2D eigenvalue weighted by molar-refractivity contribution is 5.95. The second-order valence-electron chi connectivity index (χ2n) is 4.91. The average molecular weight is 286 g/mol. The molecule has 1 aromatic heterocycles. The molecule has 0 aliphatic heterocycles. The minimum atomic E-state index is -0.0759. The molecule has 0 saturated carbocycles. The minimum absolute atomic E-state index is 0.0759. The molecule has 21 heavy (non-hydrogen) atoms. The quantitative estimate of drug-likeness (QED) is 0.764. The number of hydrogen-bond donors (Lipinski definition) is 2. The van der Waals surface area contributed by atoms with Crippen LogP contribution in [0.4, 0.5) is 0 Å². The Morgan fingerprint density at radius 1 is 1.19 bits per heavy atom. The molecule has 1 heterocycles. The predicted octanol–water partition coefficient (Wildman–Crippen LogP) is 1.91. The Morgan fingerprint density at radius 3 is 2.67 bits per heavy atom.